The van der Waals surface area contributed by atoms with Gasteiger partial charge < -0.3 is 8.83 Å². The summed E-state index contributed by atoms with van der Waals surface area (Å²) in [6, 6.07) is 47.8. The van der Waals surface area contributed by atoms with Crippen LogP contribution in [0.4, 0.5) is 0 Å². The number of furan rings is 2. The number of nitrogens with zero attached hydrogens (tertiary/aromatic N) is 3. The molecule has 0 bridgehead atoms. The summed E-state index contributed by atoms with van der Waals surface area (Å²) in [4.78, 5) is 15.2. The average molecular weight is 644 g/mol. The Kier molecular flexibility index (Phi) is 6.56. The van der Waals surface area contributed by atoms with E-state index in [1.165, 1.54) is 5.56 Å². The first kappa shape index (κ1) is 28.4. The fraction of sp³-hybridized carbons (Fsp3) is 0.0444. The number of aryl methyl sites for hydroxylation is 1. The molecule has 1 aliphatic rings. The molecule has 0 saturated heterocycles. The SMILES string of the molecule is C1=Cc2c(oc3cc(-c4nc(-c5ccccc5)nc(-c5cc(-c6ccccc6)c6c(c5)oc5cccc(-c7ccccc7)c56)n4)ccc23)CC1. The Bertz CT molecular complexity index is 2740. The second-order valence-electron chi connectivity index (χ2n) is 12.7. The van der Waals surface area contributed by atoms with E-state index in [2.05, 4.69) is 103 Å². The molecular formula is C45H29N3O2. The van der Waals surface area contributed by atoms with Crippen molar-refractivity contribution in [2.75, 3.05) is 0 Å². The standard InChI is InChI=1S/C45H29N3O2/c1-4-13-28(14-5-1)33-20-12-22-38-41(33)42-36(29-15-6-2-7-16-29)25-32(27-40(42)50-38)45-47-43(30-17-8-3-9-18-30)46-44(48-45)31-23-24-35-34-19-10-11-21-37(34)49-39(35)26-31/h1-10,12-20,22-27H,11,21H2. The van der Waals surface area contributed by atoms with Gasteiger partial charge in [0.1, 0.15) is 22.5 Å². The lowest BCUT2D eigenvalue weighted by Crippen LogP contribution is -2.00. The van der Waals surface area contributed by atoms with Crippen LogP contribution in [0.1, 0.15) is 17.7 Å². The van der Waals surface area contributed by atoms with E-state index >= 15 is 0 Å². The minimum absolute atomic E-state index is 0.568. The summed E-state index contributed by atoms with van der Waals surface area (Å²) in [6.07, 6.45) is 6.27. The van der Waals surface area contributed by atoms with E-state index in [9.17, 15) is 0 Å². The van der Waals surface area contributed by atoms with Crippen molar-refractivity contribution in [3.8, 4) is 56.4 Å². The van der Waals surface area contributed by atoms with Gasteiger partial charge in [0.05, 0.1) is 0 Å². The molecule has 3 heterocycles. The first-order chi connectivity index (χ1) is 24.8. The van der Waals surface area contributed by atoms with Crippen LogP contribution in [0.15, 0.2) is 154 Å². The third-order valence-electron chi connectivity index (χ3n) is 9.58. The van der Waals surface area contributed by atoms with E-state index in [1.54, 1.807) is 0 Å². The lowest BCUT2D eigenvalue weighted by molar-refractivity contribution is 0.546. The minimum Gasteiger partial charge on any atom is -0.460 e. The van der Waals surface area contributed by atoms with Crippen molar-refractivity contribution >= 4 is 39.0 Å². The van der Waals surface area contributed by atoms with E-state index in [1.807, 2.05) is 48.5 Å². The van der Waals surface area contributed by atoms with E-state index in [0.717, 1.165) is 90.5 Å². The summed E-state index contributed by atoms with van der Waals surface area (Å²) in [6.45, 7) is 0. The van der Waals surface area contributed by atoms with E-state index in [-0.39, 0.29) is 0 Å². The first-order valence-corrected chi connectivity index (χ1v) is 16.9. The molecule has 10 rings (SSSR count). The lowest BCUT2D eigenvalue weighted by Gasteiger charge is -2.11. The van der Waals surface area contributed by atoms with Crippen molar-refractivity contribution in [2.45, 2.75) is 12.8 Å². The second kappa shape index (κ2) is 11.5. The molecule has 0 unspecified atom stereocenters. The molecule has 0 fully saturated rings. The quantitative estimate of drug-likeness (QED) is 0.187. The molecule has 3 aromatic heterocycles. The normalized spacial score (nSPS) is 12.6. The fourth-order valence-corrected chi connectivity index (χ4v) is 7.22. The smallest absolute Gasteiger partial charge is 0.164 e. The summed E-state index contributed by atoms with van der Waals surface area (Å²) in [5.41, 5.74) is 10.7. The predicted octanol–water partition coefficient (Wildman–Crippen LogP) is 11.8. The van der Waals surface area contributed by atoms with E-state index < -0.39 is 0 Å². The van der Waals surface area contributed by atoms with Crippen LogP contribution in [0.2, 0.25) is 0 Å². The molecule has 0 amide bonds. The maximum absolute atomic E-state index is 6.67. The molecule has 0 radical (unpaired) electrons. The molecule has 0 spiro atoms. The molecule has 0 aliphatic heterocycles. The summed E-state index contributed by atoms with van der Waals surface area (Å²) >= 11 is 0. The highest BCUT2D eigenvalue weighted by Crippen LogP contribution is 2.43. The molecular weight excluding hydrogens is 615 g/mol. The summed E-state index contributed by atoms with van der Waals surface area (Å²) in [5, 5.41) is 3.26. The summed E-state index contributed by atoms with van der Waals surface area (Å²) in [7, 11) is 0. The van der Waals surface area contributed by atoms with E-state index in [0.29, 0.717) is 17.5 Å². The molecule has 9 aromatic rings. The Labute approximate surface area is 288 Å². The third kappa shape index (κ3) is 4.74. The highest BCUT2D eigenvalue weighted by molar-refractivity contribution is 6.18. The zero-order valence-electron chi connectivity index (χ0n) is 27.0. The van der Waals surface area contributed by atoms with Gasteiger partial charge in [0.2, 0.25) is 0 Å². The largest absolute Gasteiger partial charge is 0.460 e. The van der Waals surface area contributed by atoms with Crippen LogP contribution in [0.5, 0.6) is 0 Å². The zero-order chi connectivity index (χ0) is 33.0. The van der Waals surface area contributed by atoms with Crippen LogP contribution < -0.4 is 0 Å². The Morgan fingerprint density at radius 3 is 1.80 bits per heavy atom. The second-order valence-corrected chi connectivity index (χ2v) is 12.7. The fourth-order valence-electron chi connectivity index (χ4n) is 7.22. The lowest BCUT2D eigenvalue weighted by atomic mass is 9.93. The van der Waals surface area contributed by atoms with Gasteiger partial charge in [-0.25, -0.2) is 15.0 Å². The molecule has 0 atom stereocenters. The van der Waals surface area contributed by atoms with Gasteiger partial charge in [-0.1, -0.05) is 121 Å². The van der Waals surface area contributed by atoms with Gasteiger partial charge in [-0.15, -0.1) is 0 Å². The van der Waals surface area contributed by atoms with Gasteiger partial charge in [0.15, 0.2) is 17.5 Å². The molecule has 0 saturated carbocycles. The highest BCUT2D eigenvalue weighted by Gasteiger charge is 2.21. The van der Waals surface area contributed by atoms with Gasteiger partial charge in [-0.2, -0.15) is 0 Å². The molecule has 1 aliphatic carbocycles. The molecule has 6 aromatic carbocycles. The third-order valence-corrected chi connectivity index (χ3v) is 9.58. The van der Waals surface area contributed by atoms with Crippen molar-refractivity contribution in [3.05, 3.63) is 157 Å². The topological polar surface area (TPSA) is 65.0 Å². The van der Waals surface area contributed by atoms with Gasteiger partial charge >= 0.3 is 0 Å². The van der Waals surface area contributed by atoms with Crippen molar-refractivity contribution < 1.29 is 8.83 Å². The predicted molar refractivity (Wildman–Crippen MR) is 201 cm³/mol. The number of benzene rings is 6. The zero-order valence-corrected chi connectivity index (χ0v) is 27.0. The summed E-state index contributed by atoms with van der Waals surface area (Å²) in [5.74, 6) is 2.78. The number of aromatic nitrogens is 3. The first-order valence-electron chi connectivity index (χ1n) is 16.9. The van der Waals surface area contributed by atoms with Gasteiger partial charge in [0, 0.05) is 44.8 Å². The molecule has 50 heavy (non-hydrogen) atoms. The van der Waals surface area contributed by atoms with Crippen LogP contribution in [0, 0.1) is 0 Å². The van der Waals surface area contributed by atoms with Crippen LogP contribution in [-0.2, 0) is 6.42 Å². The van der Waals surface area contributed by atoms with Crippen LogP contribution in [-0.4, -0.2) is 15.0 Å². The number of rotatable bonds is 5. The molecule has 0 N–H and O–H groups in total. The molecule has 5 nitrogen and oxygen atoms in total. The minimum atomic E-state index is 0.568. The van der Waals surface area contributed by atoms with Crippen LogP contribution >= 0.6 is 0 Å². The number of hydrogen-bond acceptors (Lipinski definition) is 5. The monoisotopic (exact) mass is 643 g/mol. The van der Waals surface area contributed by atoms with Crippen molar-refractivity contribution in [1.82, 2.24) is 15.0 Å². The Hall–Kier alpha value is -6.59. The maximum atomic E-state index is 6.67. The number of allylic oxidation sites excluding steroid dienone is 1. The number of hydrogen-bond donors (Lipinski definition) is 0. The molecule has 236 valence electrons. The molecule has 5 heteroatoms. The van der Waals surface area contributed by atoms with Crippen molar-refractivity contribution in [1.29, 1.82) is 0 Å². The average Bonchev–Trinajstić information content (AvgIpc) is 3.76. The number of fused-ring (bicyclic) bond motifs is 6. The van der Waals surface area contributed by atoms with Crippen LogP contribution in [0.3, 0.4) is 0 Å². The van der Waals surface area contributed by atoms with Gasteiger partial charge in [0.25, 0.3) is 0 Å². The Balaban J connectivity index is 1.22. The van der Waals surface area contributed by atoms with Gasteiger partial charge in [-0.3, -0.25) is 0 Å². The van der Waals surface area contributed by atoms with Crippen LogP contribution in [0.25, 0.3) is 95.4 Å². The Morgan fingerprint density at radius 2 is 1.06 bits per heavy atom. The highest BCUT2D eigenvalue weighted by atomic mass is 16.3. The van der Waals surface area contributed by atoms with Crippen molar-refractivity contribution in [3.63, 3.8) is 0 Å². The van der Waals surface area contributed by atoms with Crippen molar-refractivity contribution in [2.24, 2.45) is 0 Å². The van der Waals surface area contributed by atoms with E-state index in [4.69, 9.17) is 23.8 Å². The summed E-state index contributed by atoms with van der Waals surface area (Å²) < 4.78 is 13.0. The maximum Gasteiger partial charge on any atom is 0.164 e. The van der Waals surface area contributed by atoms with Gasteiger partial charge in [-0.05, 0) is 59.0 Å². The Morgan fingerprint density at radius 1 is 0.440 bits per heavy atom.